The molecule has 0 saturated carbocycles. The minimum absolute atomic E-state index is 0.103. The number of benzene rings is 3. The number of imidazole rings is 1. The van der Waals surface area contributed by atoms with Crippen molar-refractivity contribution in [3.05, 3.63) is 83.7 Å². The molecule has 2 heterocycles. The van der Waals surface area contributed by atoms with E-state index in [1.54, 1.807) is 0 Å². The van der Waals surface area contributed by atoms with E-state index in [2.05, 4.69) is 14.7 Å². The number of carbonyl (C=O) groups excluding carboxylic acids is 1. The maximum Gasteiger partial charge on any atom is 0.573 e. The predicted octanol–water partition coefficient (Wildman–Crippen LogP) is 6.59. The molecule has 180 valence electrons. The molecule has 0 bridgehead atoms. The summed E-state index contributed by atoms with van der Waals surface area (Å²) in [6.45, 7) is 4.45. The second-order valence-corrected chi connectivity index (χ2v) is 9.06. The maximum atomic E-state index is 13.9. The average Bonchev–Trinajstić information content (AvgIpc) is 3.42. The van der Waals surface area contributed by atoms with Crippen molar-refractivity contribution in [2.75, 3.05) is 6.54 Å². The number of halogens is 3. The Bertz CT molecular complexity index is 1400. The van der Waals surface area contributed by atoms with Crippen LogP contribution in [0.5, 0.6) is 5.75 Å². The van der Waals surface area contributed by atoms with Crippen molar-refractivity contribution in [1.29, 1.82) is 0 Å². The molecule has 1 amide bonds. The van der Waals surface area contributed by atoms with E-state index in [0.717, 1.165) is 23.1 Å². The summed E-state index contributed by atoms with van der Waals surface area (Å²) in [5.74, 6) is 0.113. The SMILES string of the molecule is Cc1ccc(-c2ccccc2)c(C(=O)N2CCCC2(C)c2nc3ccc(OC(F)(F)F)cc3[nH]2)c1. The lowest BCUT2D eigenvalue weighted by Crippen LogP contribution is -2.43. The number of fused-ring (bicyclic) bond motifs is 1. The van der Waals surface area contributed by atoms with E-state index in [4.69, 9.17) is 0 Å². The van der Waals surface area contributed by atoms with Crippen LogP contribution in [0.1, 0.15) is 41.5 Å². The molecular weight excluding hydrogens is 455 g/mol. The molecule has 1 aromatic heterocycles. The van der Waals surface area contributed by atoms with Crippen LogP contribution in [-0.4, -0.2) is 33.7 Å². The first kappa shape index (κ1) is 23.0. The van der Waals surface area contributed by atoms with E-state index < -0.39 is 11.9 Å². The highest BCUT2D eigenvalue weighted by atomic mass is 19.4. The smallest absolute Gasteiger partial charge is 0.406 e. The zero-order valence-corrected chi connectivity index (χ0v) is 19.3. The molecule has 4 aromatic rings. The van der Waals surface area contributed by atoms with Crippen LogP contribution in [0.4, 0.5) is 13.2 Å². The maximum absolute atomic E-state index is 13.9. The molecule has 1 N–H and O–H groups in total. The molecule has 35 heavy (non-hydrogen) atoms. The summed E-state index contributed by atoms with van der Waals surface area (Å²) in [6.07, 6.45) is -3.31. The fourth-order valence-corrected chi connectivity index (χ4v) is 4.83. The number of carbonyl (C=O) groups is 1. The molecule has 1 aliphatic heterocycles. The van der Waals surface area contributed by atoms with Crippen molar-refractivity contribution >= 4 is 16.9 Å². The van der Waals surface area contributed by atoms with Gasteiger partial charge in [-0.05, 0) is 56.0 Å². The molecule has 1 atom stereocenters. The average molecular weight is 480 g/mol. The van der Waals surface area contributed by atoms with Gasteiger partial charge in [0, 0.05) is 18.2 Å². The van der Waals surface area contributed by atoms with Gasteiger partial charge < -0.3 is 14.6 Å². The number of amides is 1. The number of aromatic amines is 1. The zero-order chi connectivity index (χ0) is 24.8. The summed E-state index contributed by atoms with van der Waals surface area (Å²) in [4.78, 5) is 23.6. The number of rotatable bonds is 4. The molecule has 1 unspecified atom stereocenters. The molecule has 0 aliphatic carbocycles. The molecule has 0 radical (unpaired) electrons. The van der Waals surface area contributed by atoms with Crippen molar-refractivity contribution in [2.24, 2.45) is 0 Å². The van der Waals surface area contributed by atoms with E-state index >= 15 is 0 Å². The molecule has 0 spiro atoms. The summed E-state index contributed by atoms with van der Waals surface area (Å²) in [5, 5.41) is 0. The van der Waals surface area contributed by atoms with Gasteiger partial charge in [0.25, 0.3) is 5.91 Å². The lowest BCUT2D eigenvalue weighted by Gasteiger charge is -2.34. The first-order valence-electron chi connectivity index (χ1n) is 11.4. The fraction of sp³-hybridized carbons (Fsp3) is 0.259. The highest BCUT2D eigenvalue weighted by Gasteiger charge is 2.44. The summed E-state index contributed by atoms with van der Waals surface area (Å²) in [7, 11) is 0. The van der Waals surface area contributed by atoms with Gasteiger partial charge in [-0.2, -0.15) is 0 Å². The molecule has 1 fully saturated rings. The summed E-state index contributed by atoms with van der Waals surface area (Å²) >= 11 is 0. The van der Waals surface area contributed by atoms with Gasteiger partial charge in [-0.25, -0.2) is 4.98 Å². The molecule has 5 rings (SSSR count). The van der Waals surface area contributed by atoms with Crippen molar-refractivity contribution in [3.8, 4) is 16.9 Å². The third-order valence-corrected chi connectivity index (χ3v) is 6.57. The van der Waals surface area contributed by atoms with Crippen LogP contribution in [0.25, 0.3) is 22.2 Å². The molecule has 1 aliphatic rings. The summed E-state index contributed by atoms with van der Waals surface area (Å²) in [5.41, 5.74) is 3.60. The standard InChI is InChI=1S/C27H24F3N3O2/c1-17-9-11-20(18-7-4-3-5-8-18)21(15-17)24(34)33-14-6-13-26(33,2)25-31-22-12-10-19(16-23(22)32-25)35-27(28,29)30/h3-5,7-12,15-16H,6,13-14H2,1-2H3,(H,31,32). The fourth-order valence-electron chi connectivity index (χ4n) is 4.83. The number of nitrogens with one attached hydrogen (secondary N) is 1. The van der Waals surface area contributed by atoms with E-state index in [1.807, 2.05) is 67.3 Å². The van der Waals surface area contributed by atoms with Crippen molar-refractivity contribution < 1.29 is 22.7 Å². The minimum atomic E-state index is -4.78. The first-order chi connectivity index (χ1) is 16.6. The van der Waals surface area contributed by atoms with E-state index in [9.17, 15) is 18.0 Å². The second kappa shape index (κ2) is 8.45. The number of aromatic nitrogens is 2. The van der Waals surface area contributed by atoms with Gasteiger partial charge in [0.05, 0.1) is 16.6 Å². The summed E-state index contributed by atoms with van der Waals surface area (Å²) < 4.78 is 42.0. The highest BCUT2D eigenvalue weighted by molar-refractivity contribution is 6.01. The van der Waals surface area contributed by atoms with Gasteiger partial charge in [-0.1, -0.05) is 48.0 Å². The Morgan fingerprint density at radius 3 is 2.60 bits per heavy atom. The van der Waals surface area contributed by atoms with Crippen LogP contribution in [0.15, 0.2) is 66.7 Å². The van der Waals surface area contributed by atoms with Crippen LogP contribution in [0, 0.1) is 6.92 Å². The normalized spacial score (nSPS) is 18.3. The second-order valence-electron chi connectivity index (χ2n) is 9.06. The van der Waals surface area contributed by atoms with Crippen LogP contribution in [0.3, 0.4) is 0 Å². The Morgan fingerprint density at radius 2 is 1.86 bits per heavy atom. The predicted molar refractivity (Wildman–Crippen MR) is 127 cm³/mol. The van der Waals surface area contributed by atoms with E-state index in [-0.39, 0.29) is 11.7 Å². The lowest BCUT2D eigenvalue weighted by molar-refractivity contribution is -0.274. The van der Waals surface area contributed by atoms with Gasteiger partial charge in [-0.15, -0.1) is 13.2 Å². The lowest BCUT2D eigenvalue weighted by atomic mass is 9.94. The number of likely N-dealkylation sites (tertiary alicyclic amines) is 1. The molecule has 3 aromatic carbocycles. The Morgan fingerprint density at radius 1 is 1.09 bits per heavy atom. The molecule has 8 heteroatoms. The monoisotopic (exact) mass is 479 g/mol. The Kier molecular flexibility index (Phi) is 5.54. The topological polar surface area (TPSA) is 58.2 Å². The van der Waals surface area contributed by atoms with E-state index in [1.165, 1.54) is 18.2 Å². The summed E-state index contributed by atoms with van der Waals surface area (Å²) in [6, 6.07) is 19.6. The number of ether oxygens (including phenoxy) is 1. The minimum Gasteiger partial charge on any atom is -0.406 e. The number of aryl methyl sites for hydroxylation is 1. The molecule has 5 nitrogen and oxygen atoms in total. The number of hydrogen-bond donors (Lipinski definition) is 1. The zero-order valence-electron chi connectivity index (χ0n) is 19.3. The first-order valence-corrected chi connectivity index (χ1v) is 11.4. The highest BCUT2D eigenvalue weighted by Crippen LogP contribution is 2.40. The number of H-pyrrole nitrogens is 1. The Hall–Kier alpha value is -3.81. The number of nitrogens with zero attached hydrogens (tertiary/aromatic N) is 2. The van der Waals surface area contributed by atoms with Gasteiger partial charge >= 0.3 is 6.36 Å². The third-order valence-electron chi connectivity index (χ3n) is 6.57. The van der Waals surface area contributed by atoms with Crippen LogP contribution in [0.2, 0.25) is 0 Å². The van der Waals surface area contributed by atoms with Gasteiger partial charge in [0.1, 0.15) is 11.6 Å². The van der Waals surface area contributed by atoms with Crippen molar-refractivity contribution in [1.82, 2.24) is 14.9 Å². The van der Waals surface area contributed by atoms with Crippen molar-refractivity contribution in [2.45, 2.75) is 38.6 Å². The van der Waals surface area contributed by atoms with Crippen molar-refractivity contribution in [3.63, 3.8) is 0 Å². The molecular formula is C27H24F3N3O2. The quantitative estimate of drug-likeness (QED) is 0.359. The van der Waals surface area contributed by atoms with E-state index in [0.29, 0.717) is 35.4 Å². The van der Waals surface area contributed by atoms with Gasteiger partial charge in [0.2, 0.25) is 0 Å². The number of alkyl halides is 3. The Labute approximate surface area is 200 Å². The van der Waals surface area contributed by atoms with Gasteiger partial charge in [-0.3, -0.25) is 4.79 Å². The molecule has 1 saturated heterocycles. The number of hydrogen-bond acceptors (Lipinski definition) is 3. The third kappa shape index (κ3) is 4.36. The largest absolute Gasteiger partial charge is 0.573 e. The van der Waals surface area contributed by atoms with Crippen LogP contribution >= 0.6 is 0 Å². The Balaban J connectivity index is 1.52. The van der Waals surface area contributed by atoms with Crippen LogP contribution < -0.4 is 4.74 Å². The van der Waals surface area contributed by atoms with Gasteiger partial charge in [0.15, 0.2) is 0 Å². The van der Waals surface area contributed by atoms with Crippen LogP contribution in [-0.2, 0) is 5.54 Å².